The van der Waals surface area contributed by atoms with Crippen molar-refractivity contribution in [3.05, 3.63) is 84.4 Å². The first kappa shape index (κ1) is 15.2. The molecule has 0 aliphatic heterocycles. The van der Waals surface area contributed by atoms with Gasteiger partial charge in [-0.15, -0.1) is 0 Å². The van der Waals surface area contributed by atoms with Gasteiger partial charge >= 0.3 is 0 Å². The fourth-order valence-corrected chi connectivity index (χ4v) is 2.81. The maximum atomic E-state index is 10.2. The second-order valence-corrected chi connectivity index (χ2v) is 5.88. The lowest BCUT2D eigenvalue weighted by molar-refractivity contribution is 0.477. The van der Waals surface area contributed by atoms with E-state index in [0.717, 1.165) is 24.4 Å². The SMILES string of the molecule is Oc1ccc(-n2cccc2)cc1-c1n[nH]c(CCc2ccccc2)n1. The second kappa shape index (κ2) is 6.65. The molecular weight excluding hydrogens is 312 g/mol. The van der Waals surface area contributed by atoms with Gasteiger partial charge in [0.2, 0.25) is 0 Å². The lowest BCUT2D eigenvalue weighted by atomic mass is 10.1. The molecule has 0 amide bonds. The van der Waals surface area contributed by atoms with Crippen molar-refractivity contribution in [2.75, 3.05) is 0 Å². The zero-order valence-corrected chi connectivity index (χ0v) is 13.6. The Hall–Kier alpha value is -3.34. The summed E-state index contributed by atoms with van der Waals surface area (Å²) < 4.78 is 1.98. The minimum absolute atomic E-state index is 0.171. The summed E-state index contributed by atoms with van der Waals surface area (Å²) in [4.78, 5) is 4.54. The number of nitrogens with zero attached hydrogens (tertiary/aromatic N) is 3. The summed E-state index contributed by atoms with van der Waals surface area (Å²) in [6, 6.07) is 19.6. The van der Waals surface area contributed by atoms with Gasteiger partial charge < -0.3 is 9.67 Å². The van der Waals surface area contributed by atoms with Crippen LogP contribution in [-0.4, -0.2) is 24.9 Å². The van der Waals surface area contributed by atoms with Gasteiger partial charge in [0.05, 0.1) is 5.56 Å². The molecule has 124 valence electrons. The first-order chi connectivity index (χ1) is 12.3. The first-order valence-corrected chi connectivity index (χ1v) is 8.21. The number of H-pyrrole nitrogens is 1. The fraction of sp³-hybridized carbons (Fsp3) is 0.100. The van der Waals surface area contributed by atoms with Crippen LogP contribution in [0.3, 0.4) is 0 Å². The molecule has 0 radical (unpaired) electrons. The van der Waals surface area contributed by atoms with Gasteiger partial charge in [-0.05, 0) is 42.3 Å². The fourth-order valence-electron chi connectivity index (χ4n) is 2.81. The summed E-state index contributed by atoms with van der Waals surface area (Å²) in [6.07, 6.45) is 5.58. The van der Waals surface area contributed by atoms with Crippen LogP contribution >= 0.6 is 0 Å². The molecule has 5 nitrogen and oxygen atoms in total. The molecule has 0 atom stereocenters. The zero-order chi connectivity index (χ0) is 17.1. The van der Waals surface area contributed by atoms with Crippen molar-refractivity contribution in [1.82, 2.24) is 19.7 Å². The average molecular weight is 330 g/mol. The number of aromatic amines is 1. The van der Waals surface area contributed by atoms with Gasteiger partial charge in [-0.1, -0.05) is 30.3 Å². The summed E-state index contributed by atoms with van der Waals surface area (Å²) in [7, 11) is 0. The summed E-state index contributed by atoms with van der Waals surface area (Å²) in [5.74, 6) is 1.49. The highest BCUT2D eigenvalue weighted by Crippen LogP contribution is 2.29. The Morgan fingerprint density at radius 3 is 2.52 bits per heavy atom. The first-order valence-electron chi connectivity index (χ1n) is 8.21. The second-order valence-electron chi connectivity index (χ2n) is 5.88. The molecule has 2 heterocycles. The van der Waals surface area contributed by atoms with Crippen molar-refractivity contribution in [1.29, 1.82) is 0 Å². The molecule has 0 saturated carbocycles. The molecule has 0 aliphatic carbocycles. The smallest absolute Gasteiger partial charge is 0.184 e. The predicted molar refractivity (Wildman–Crippen MR) is 96.7 cm³/mol. The number of aromatic hydroxyl groups is 1. The standard InChI is InChI=1S/C20H18N4O/c25-18-10-9-16(24-12-4-5-13-24)14-17(18)20-21-19(22-23-20)11-8-15-6-2-1-3-7-15/h1-7,9-10,12-14,25H,8,11H2,(H,21,22,23). The number of aromatic nitrogens is 4. The summed E-state index contributed by atoms with van der Waals surface area (Å²) in [5.41, 5.74) is 2.83. The van der Waals surface area contributed by atoms with Gasteiger partial charge in [-0.3, -0.25) is 5.10 Å². The van der Waals surface area contributed by atoms with E-state index < -0.39 is 0 Å². The molecule has 2 N–H and O–H groups in total. The monoisotopic (exact) mass is 330 g/mol. The number of phenolic OH excluding ortho intramolecular Hbond substituents is 1. The van der Waals surface area contributed by atoms with Crippen molar-refractivity contribution in [3.8, 4) is 22.8 Å². The lowest BCUT2D eigenvalue weighted by Gasteiger charge is -2.06. The molecule has 0 fully saturated rings. The topological polar surface area (TPSA) is 66.7 Å². The maximum absolute atomic E-state index is 10.2. The summed E-state index contributed by atoms with van der Waals surface area (Å²) >= 11 is 0. The van der Waals surface area contributed by atoms with E-state index in [1.165, 1.54) is 5.56 Å². The van der Waals surface area contributed by atoms with E-state index in [0.29, 0.717) is 11.4 Å². The van der Waals surface area contributed by atoms with E-state index in [1.807, 2.05) is 59.4 Å². The minimum atomic E-state index is 0.171. The molecule has 0 aliphatic rings. The van der Waals surface area contributed by atoms with Crippen molar-refractivity contribution in [3.63, 3.8) is 0 Å². The van der Waals surface area contributed by atoms with Crippen LogP contribution in [-0.2, 0) is 12.8 Å². The van der Waals surface area contributed by atoms with Gasteiger partial charge in [-0.2, -0.15) is 5.10 Å². The van der Waals surface area contributed by atoms with Crippen LogP contribution < -0.4 is 0 Å². The number of aryl methyl sites for hydroxylation is 2. The Balaban J connectivity index is 1.56. The lowest BCUT2D eigenvalue weighted by Crippen LogP contribution is -1.93. The number of rotatable bonds is 5. The molecule has 0 spiro atoms. The highest BCUT2D eigenvalue weighted by molar-refractivity contribution is 5.66. The Morgan fingerprint density at radius 1 is 0.920 bits per heavy atom. The zero-order valence-electron chi connectivity index (χ0n) is 13.6. The molecule has 25 heavy (non-hydrogen) atoms. The average Bonchev–Trinajstić information content (AvgIpc) is 3.33. The van der Waals surface area contributed by atoms with Gasteiger partial charge in [0, 0.05) is 24.5 Å². The van der Waals surface area contributed by atoms with Crippen molar-refractivity contribution in [2.45, 2.75) is 12.8 Å². The van der Waals surface area contributed by atoms with Gasteiger partial charge in [0.15, 0.2) is 5.82 Å². The summed E-state index contributed by atoms with van der Waals surface area (Å²) in [6.45, 7) is 0. The predicted octanol–water partition coefficient (Wildman–Crippen LogP) is 3.75. The number of benzene rings is 2. The van der Waals surface area contributed by atoms with Crippen LogP contribution in [0.5, 0.6) is 5.75 Å². The minimum Gasteiger partial charge on any atom is -0.507 e. The molecule has 0 bridgehead atoms. The van der Waals surface area contributed by atoms with Gasteiger partial charge in [0.25, 0.3) is 0 Å². The Morgan fingerprint density at radius 2 is 1.72 bits per heavy atom. The van der Waals surface area contributed by atoms with Crippen LogP contribution in [0.4, 0.5) is 0 Å². The van der Waals surface area contributed by atoms with Crippen LogP contribution in [0.15, 0.2) is 73.1 Å². The van der Waals surface area contributed by atoms with Crippen LogP contribution in [0.1, 0.15) is 11.4 Å². The van der Waals surface area contributed by atoms with Gasteiger partial charge in [-0.25, -0.2) is 4.98 Å². The number of nitrogens with one attached hydrogen (secondary N) is 1. The molecule has 0 unspecified atom stereocenters. The third kappa shape index (κ3) is 3.30. The Kier molecular flexibility index (Phi) is 4.04. The third-order valence-electron chi connectivity index (χ3n) is 4.15. The largest absolute Gasteiger partial charge is 0.507 e. The highest BCUT2D eigenvalue weighted by Gasteiger charge is 2.12. The molecule has 4 rings (SSSR count). The van der Waals surface area contributed by atoms with Gasteiger partial charge in [0.1, 0.15) is 11.6 Å². The van der Waals surface area contributed by atoms with Crippen molar-refractivity contribution in [2.24, 2.45) is 0 Å². The summed E-state index contributed by atoms with van der Waals surface area (Å²) in [5, 5.41) is 17.5. The van der Waals surface area contributed by atoms with Crippen LogP contribution in [0.25, 0.3) is 17.1 Å². The maximum Gasteiger partial charge on any atom is 0.184 e. The molecular formula is C20H18N4O. The van der Waals surface area contributed by atoms with Crippen LogP contribution in [0.2, 0.25) is 0 Å². The molecule has 5 heteroatoms. The molecule has 2 aromatic carbocycles. The Labute approximate surface area is 145 Å². The van der Waals surface area contributed by atoms with Crippen LogP contribution in [0, 0.1) is 0 Å². The van der Waals surface area contributed by atoms with E-state index in [2.05, 4.69) is 27.3 Å². The van der Waals surface area contributed by atoms with E-state index in [9.17, 15) is 5.11 Å². The molecule has 2 aromatic heterocycles. The third-order valence-corrected chi connectivity index (χ3v) is 4.15. The quantitative estimate of drug-likeness (QED) is 0.585. The van der Waals surface area contributed by atoms with E-state index in [-0.39, 0.29) is 5.75 Å². The Bertz CT molecular complexity index is 959. The van der Waals surface area contributed by atoms with E-state index >= 15 is 0 Å². The van der Waals surface area contributed by atoms with Crippen molar-refractivity contribution >= 4 is 0 Å². The number of phenols is 1. The van der Waals surface area contributed by atoms with E-state index in [1.54, 1.807) is 6.07 Å². The molecule has 0 saturated heterocycles. The number of hydrogen-bond donors (Lipinski definition) is 2. The normalized spacial score (nSPS) is 10.9. The number of hydrogen-bond acceptors (Lipinski definition) is 3. The highest BCUT2D eigenvalue weighted by atomic mass is 16.3. The molecule has 4 aromatic rings. The van der Waals surface area contributed by atoms with E-state index in [4.69, 9.17) is 0 Å². The van der Waals surface area contributed by atoms with Crippen molar-refractivity contribution < 1.29 is 5.11 Å².